The second kappa shape index (κ2) is 5.35. The molecule has 14 heavy (non-hydrogen) atoms. The van der Waals surface area contributed by atoms with Crippen LogP contribution in [0, 0.1) is 11.8 Å². The van der Waals surface area contributed by atoms with Crippen molar-refractivity contribution in [2.75, 3.05) is 13.1 Å². The zero-order chi connectivity index (χ0) is 10.6. The molecule has 0 heterocycles. The molecular formula is C11H22N2O. The second-order valence-electron chi connectivity index (χ2n) is 4.67. The van der Waals surface area contributed by atoms with E-state index in [4.69, 9.17) is 0 Å². The molecule has 0 aromatic carbocycles. The normalized spacial score (nSPS) is 18.3. The van der Waals surface area contributed by atoms with Gasteiger partial charge in [-0.2, -0.15) is 0 Å². The number of hydrogen-bond acceptors (Lipinski definition) is 2. The smallest absolute Gasteiger partial charge is 0.234 e. The molecule has 82 valence electrons. The number of carbonyl (C=O) groups excluding carboxylic acids is 1. The molecule has 1 atom stereocenters. The average Bonchev–Trinajstić information content (AvgIpc) is 2.87. The summed E-state index contributed by atoms with van der Waals surface area (Å²) in [7, 11) is 0. The first-order valence-corrected chi connectivity index (χ1v) is 5.59. The Morgan fingerprint density at radius 3 is 2.50 bits per heavy atom. The third-order valence-corrected chi connectivity index (χ3v) is 2.80. The van der Waals surface area contributed by atoms with Crippen LogP contribution in [0.25, 0.3) is 0 Å². The number of carbonyl (C=O) groups is 1. The molecule has 1 amide bonds. The Balaban J connectivity index is 2.02. The molecule has 3 nitrogen and oxygen atoms in total. The van der Waals surface area contributed by atoms with Gasteiger partial charge in [-0.25, -0.2) is 0 Å². The van der Waals surface area contributed by atoms with Crippen LogP contribution in [0.5, 0.6) is 0 Å². The number of rotatable bonds is 6. The molecule has 1 unspecified atom stereocenters. The quantitative estimate of drug-likeness (QED) is 0.672. The van der Waals surface area contributed by atoms with E-state index in [1.165, 1.54) is 12.8 Å². The van der Waals surface area contributed by atoms with Crippen molar-refractivity contribution in [2.24, 2.45) is 11.8 Å². The Morgan fingerprint density at radius 2 is 2.00 bits per heavy atom. The topological polar surface area (TPSA) is 41.1 Å². The van der Waals surface area contributed by atoms with Gasteiger partial charge in [0.1, 0.15) is 0 Å². The Bertz CT molecular complexity index is 188. The predicted octanol–water partition coefficient (Wildman–Crippen LogP) is 1.15. The van der Waals surface area contributed by atoms with Crippen molar-refractivity contribution in [3.05, 3.63) is 0 Å². The van der Waals surface area contributed by atoms with Crippen LogP contribution < -0.4 is 10.6 Å². The van der Waals surface area contributed by atoms with Gasteiger partial charge in [-0.15, -0.1) is 0 Å². The molecule has 0 bridgehead atoms. The highest BCUT2D eigenvalue weighted by atomic mass is 16.1. The van der Waals surface area contributed by atoms with Gasteiger partial charge in [0.25, 0.3) is 0 Å². The lowest BCUT2D eigenvalue weighted by molar-refractivity contribution is -0.121. The summed E-state index contributed by atoms with van der Waals surface area (Å²) in [5.41, 5.74) is 0. The Morgan fingerprint density at radius 1 is 1.36 bits per heavy atom. The molecule has 0 spiro atoms. The Hall–Kier alpha value is -0.570. The zero-order valence-electron chi connectivity index (χ0n) is 9.47. The SMILES string of the molecule is CC(C)C(C)NC(=O)CNCC1CC1. The highest BCUT2D eigenvalue weighted by Gasteiger charge is 2.20. The number of amides is 1. The van der Waals surface area contributed by atoms with Gasteiger partial charge in [0.05, 0.1) is 6.54 Å². The van der Waals surface area contributed by atoms with Gasteiger partial charge < -0.3 is 10.6 Å². The molecule has 1 rings (SSSR count). The summed E-state index contributed by atoms with van der Waals surface area (Å²) < 4.78 is 0. The number of nitrogens with one attached hydrogen (secondary N) is 2. The maximum Gasteiger partial charge on any atom is 0.234 e. The molecular weight excluding hydrogens is 176 g/mol. The fourth-order valence-electron chi connectivity index (χ4n) is 1.18. The maximum absolute atomic E-state index is 11.4. The van der Waals surface area contributed by atoms with Gasteiger partial charge in [-0.05, 0) is 38.1 Å². The largest absolute Gasteiger partial charge is 0.352 e. The third-order valence-electron chi connectivity index (χ3n) is 2.80. The molecule has 1 aliphatic rings. The van der Waals surface area contributed by atoms with Crippen LogP contribution in [0.1, 0.15) is 33.6 Å². The molecule has 2 N–H and O–H groups in total. The van der Waals surface area contributed by atoms with E-state index in [0.29, 0.717) is 12.5 Å². The van der Waals surface area contributed by atoms with Crippen LogP contribution in [0.2, 0.25) is 0 Å². The highest BCUT2D eigenvalue weighted by Crippen LogP contribution is 2.27. The van der Waals surface area contributed by atoms with Crippen molar-refractivity contribution in [3.8, 4) is 0 Å². The average molecular weight is 198 g/mol. The molecule has 0 aliphatic heterocycles. The molecule has 0 aromatic rings. The van der Waals surface area contributed by atoms with Gasteiger partial charge >= 0.3 is 0 Å². The molecule has 0 saturated heterocycles. The fourth-order valence-corrected chi connectivity index (χ4v) is 1.18. The molecule has 1 saturated carbocycles. The fraction of sp³-hybridized carbons (Fsp3) is 0.909. The molecule has 0 aromatic heterocycles. The summed E-state index contributed by atoms with van der Waals surface area (Å²) in [6.07, 6.45) is 2.66. The monoisotopic (exact) mass is 198 g/mol. The van der Waals surface area contributed by atoms with E-state index in [1.54, 1.807) is 0 Å². The summed E-state index contributed by atoms with van der Waals surface area (Å²) in [4.78, 5) is 11.4. The van der Waals surface area contributed by atoms with Gasteiger partial charge in [0, 0.05) is 6.04 Å². The van der Waals surface area contributed by atoms with E-state index in [9.17, 15) is 4.79 Å². The summed E-state index contributed by atoms with van der Waals surface area (Å²) in [6, 6.07) is 0.269. The van der Waals surface area contributed by atoms with Crippen LogP contribution in [-0.2, 0) is 4.79 Å². The van der Waals surface area contributed by atoms with Crippen molar-refractivity contribution in [2.45, 2.75) is 39.7 Å². The predicted molar refractivity (Wildman–Crippen MR) is 58.0 cm³/mol. The molecule has 0 radical (unpaired) electrons. The van der Waals surface area contributed by atoms with Crippen LogP contribution in [0.4, 0.5) is 0 Å². The molecule has 1 fully saturated rings. The van der Waals surface area contributed by atoms with E-state index in [2.05, 4.69) is 24.5 Å². The van der Waals surface area contributed by atoms with Gasteiger partial charge in [-0.1, -0.05) is 13.8 Å². The minimum Gasteiger partial charge on any atom is -0.352 e. The minimum atomic E-state index is 0.117. The summed E-state index contributed by atoms with van der Waals surface area (Å²) >= 11 is 0. The number of hydrogen-bond donors (Lipinski definition) is 2. The van der Waals surface area contributed by atoms with Crippen LogP contribution in [0.3, 0.4) is 0 Å². The second-order valence-corrected chi connectivity index (χ2v) is 4.67. The summed E-state index contributed by atoms with van der Waals surface area (Å²) in [6.45, 7) is 7.74. The van der Waals surface area contributed by atoms with Crippen LogP contribution in [-0.4, -0.2) is 25.0 Å². The van der Waals surface area contributed by atoms with Gasteiger partial charge in [0.15, 0.2) is 0 Å². The Kier molecular flexibility index (Phi) is 4.39. The third kappa shape index (κ3) is 4.61. The summed E-state index contributed by atoms with van der Waals surface area (Å²) in [5, 5.41) is 6.15. The lowest BCUT2D eigenvalue weighted by atomic mass is 10.1. The van der Waals surface area contributed by atoms with Crippen molar-refractivity contribution in [1.29, 1.82) is 0 Å². The maximum atomic E-state index is 11.4. The van der Waals surface area contributed by atoms with Gasteiger partial charge in [-0.3, -0.25) is 4.79 Å². The standard InChI is InChI=1S/C11H22N2O/c1-8(2)9(3)13-11(14)7-12-6-10-4-5-10/h8-10,12H,4-7H2,1-3H3,(H,13,14). The lowest BCUT2D eigenvalue weighted by Crippen LogP contribution is -2.41. The molecule has 1 aliphatic carbocycles. The van der Waals surface area contributed by atoms with Crippen molar-refractivity contribution in [1.82, 2.24) is 10.6 Å². The van der Waals surface area contributed by atoms with E-state index < -0.39 is 0 Å². The zero-order valence-corrected chi connectivity index (χ0v) is 9.47. The van der Waals surface area contributed by atoms with E-state index in [0.717, 1.165) is 12.5 Å². The van der Waals surface area contributed by atoms with Crippen molar-refractivity contribution >= 4 is 5.91 Å². The van der Waals surface area contributed by atoms with E-state index in [1.807, 2.05) is 6.92 Å². The van der Waals surface area contributed by atoms with E-state index >= 15 is 0 Å². The van der Waals surface area contributed by atoms with E-state index in [-0.39, 0.29) is 11.9 Å². The first-order valence-electron chi connectivity index (χ1n) is 5.59. The minimum absolute atomic E-state index is 0.117. The van der Waals surface area contributed by atoms with Crippen LogP contribution in [0.15, 0.2) is 0 Å². The van der Waals surface area contributed by atoms with Crippen molar-refractivity contribution < 1.29 is 4.79 Å². The van der Waals surface area contributed by atoms with Gasteiger partial charge in [0.2, 0.25) is 5.91 Å². The highest BCUT2D eigenvalue weighted by molar-refractivity contribution is 5.78. The van der Waals surface area contributed by atoms with Crippen molar-refractivity contribution in [3.63, 3.8) is 0 Å². The first-order chi connectivity index (χ1) is 6.59. The summed E-state index contributed by atoms with van der Waals surface area (Å²) in [5.74, 6) is 1.46. The first kappa shape index (κ1) is 11.5. The van der Waals surface area contributed by atoms with Crippen LogP contribution >= 0.6 is 0 Å². The molecule has 3 heteroatoms. The lowest BCUT2D eigenvalue weighted by Gasteiger charge is -2.17. The Labute approximate surface area is 86.6 Å².